The van der Waals surface area contributed by atoms with Crippen LogP contribution in [-0.4, -0.2) is 5.91 Å². The molecule has 0 saturated carbocycles. The van der Waals surface area contributed by atoms with E-state index in [9.17, 15) is 4.79 Å². The van der Waals surface area contributed by atoms with Crippen LogP contribution in [0.2, 0.25) is 0 Å². The van der Waals surface area contributed by atoms with E-state index in [1.807, 2.05) is 17.0 Å². The molecule has 0 fully saturated rings. The number of carbonyl (C=O) groups excluding carboxylic acids is 1. The molecule has 2 aliphatic heterocycles. The van der Waals surface area contributed by atoms with E-state index in [0.717, 1.165) is 66.7 Å². The standard InChI is InChI=1S/C48H30N2O/c51-48-42-15-7-14-40-39(36-20-17-30-9-2-5-12-33(30)25-36)22-23-41(45(40)42)47-49-46-43(37-21-18-31-10-3-6-13-34(31)26-37)27-38(28-44(46)50(47)48)35-19-16-29-8-1-4-11-32(29)24-35/h1-28,47,49H. The van der Waals surface area contributed by atoms with E-state index in [1.165, 1.54) is 32.3 Å². The van der Waals surface area contributed by atoms with Gasteiger partial charge in [-0.15, -0.1) is 0 Å². The molecule has 3 heteroatoms. The van der Waals surface area contributed by atoms with E-state index in [1.54, 1.807) is 0 Å². The molecule has 51 heavy (non-hydrogen) atoms. The minimum atomic E-state index is -0.332. The number of hydrogen-bond donors (Lipinski definition) is 1. The lowest BCUT2D eigenvalue weighted by Crippen LogP contribution is -2.37. The first kappa shape index (κ1) is 28.2. The first-order valence-corrected chi connectivity index (χ1v) is 17.5. The van der Waals surface area contributed by atoms with Crippen LogP contribution in [0.4, 0.5) is 11.4 Å². The smallest absolute Gasteiger partial charge is 0.260 e. The summed E-state index contributed by atoms with van der Waals surface area (Å²) in [4.78, 5) is 16.8. The summed E-state index contributed by atoms with van der Waals surface area (Å²) in [5.41, 5.74) is 10.4. The molecule has 1 unspecified atom stereocenters. The van der Waals surface area contributed by atoms with Gasteiger partial charge in [-0.2, -0.15) is 0 Å². The van der Waals surface area contributed by atoms with E-state index in [-0.39, 0.29) is 12.1 Å². The molecule has 1 N–H and O–H groups in total. The van der Waals surface area contributed by atoms with Gasteiger partial charge < -0.3 is 5.32 Å². The van der Waals surface area contributed by atoms with Gasteiger partial charge in [0, 0.05) is 22.1 Å². The molecule has 0 bridgehead atoms. The van der Waals surface area contributed by atoms with Gasteiger partial charge in [0.15, 0.2) is 0 Å². The zero-order valence-corrected chi connectivity index (χ0v) is 27.6. The average Bonchev–Trinajstić information content (AvgIpc) is 3.59. The van der Waals surface area contributed by atoms with Gasteiger partial charge in [0.25, 0.3) is 5.91 Å². The molecule has 3 nitrogen and oxygen atoms in total. The third-order valence-electron chi connectivity index (χ3n) is 10.9. The maximum absolute atomic E-state index is 14.8. The normalized spacial score (nSPS) is 14.6. The fraction of sp³-hybridized carbons (Fsp3) is 0.0208. The molecule has 2 aliphatic rings. The molecule has 0 radical (unpaired) electrons. The molecule has 0 spiro atoms. The summed E-state index contributed by atoms with van der Waals surface area (Å²) in [5, 5.41) is 13.2. The van der Waals surface area contributed by atoms with Crippen molar-refractivity contribution < 1.29 is 4.79 Å². The Hall–Kier alpha value is -6.71. The second-order valence-corrected chi connectivity index (χ2v) is 13.8. The van der Waals surface area contributed by atoms with Gasteiger partial charge in [0.05, 0.1) is 11.4 Å². The highest BCUT2D eigenvalue weighted by Gasteiger charge is 2.42. The van der Waals surface area contributed by atoms with Crippen LogP contribution >= 0.6 is 0 Å². The number of carbonyl (C=O) groups is 1. The first-order chi connectivity index (χ1) is 25.2. The number of benzene rings is 9. The summed E-state index contributed by atoms with van der Waals surface area (Å²) in [6, 6.07) is 60.4. The fourth-order valence-corrected chi connectivity index (χ4v) is 8.45. The van der Waals surface area contributed by atoms with Crippen LogP contribution in [0, 0.1) is 0 Å². The predicted octanol–water partition coefficient (Wildman–Crippen LogP) is 12.4. The molecule has 11 rings (SSSR count). The summed E-state index contributed by atoms with van der Waals surface area (Å²) in [6.07, 6.45) is -0.332. The maximum atomic E-state index is 14.8. The Bertz CT molecular complexity index is 2940. The summed E-state index contributed by atoms with van der Waals surface area (Å²) in [5.74, 6) is 0.0140. The molecule has 9 aromatic carbocycles. The van der Waals surface area contributed by atoms with Crippen LogP contribution in [0.3, 0.4) is 0 Å². The maximum Gasteiger partial charge on any atom is 0.260 e. The third kappa shape index (κ3) is 4.22. The second kappa shape index (κ2) is 10.6. The van der Waals surface area contributed by atoms with E-state index >= 15 is 0 Å². The van der Waals surface area contributed by atoms with Crippen LogP contribution < -0.4 is 10.2 Å². The number of nitrogens with one attached hydrogen (secondary N) is 1. The lowest BCUT2D eigenvalue weighted by Gasteiger charge is -2.32. The number of fused-ring (bicyclic) bond motifs is 7. The summed E-state index contributed by atoms with van der Waals surface area (Å²) >= 11 is 0. The van der Waals surface area contributed by atoms with E-state index < -0.39 is 0 Å². The molecule has 238 valence electrons. The van der Waals surface area contributed by atoms with Crippen molar-refractivity contribution >= 4 is 60.4 Å². The molecule has 1 amide bonds. The average molecular weight is 651 g/mol. The van der Waals surface area contributed by atoms with Crippen LogP contribution in [0.5, 0.6) is 0 Å². The van der Waals surface area contributed by atoms with Gasteiger partial charge >= 0.3 is 0 Å². The summed E-state index contributed by atoms with van der Waals surface area (Å²) in [7, 11) is 0. The van der Waals surface area contributed by atoms with Gasteiger partial charge in [-0.25, -0.2) is 0 Å². The van der Waals surface area contributed by atoms with Gasteiger partial charge in [0.1, 0.15) is 6.17 Å². The van der Waals surface area contributed by atoms with Crippen LogP contribution in [0.15, 0.2) is 170 Å². The van der Waals surface area contributed by atoms with Crippen molar-refractivity contribution in [2.45, 2.75) is 6.17 Å². The highest BCUT2D eigenvalue weighted by molar-refractivity contribution is 6.22. The van der Waals surface area contributed by atoms with E-state index in [2.05, 4.69) is 163 Å². The van der Waals surface area contributed by atoms with Crippen molar-refractivity contribution in [1.29, 1.82) is 0 Å². The molecule has 2 heterocycles. The monoisotopic (exact) mass is 650 g/mol. The molecule has 0 aromatic heterocycles. The molecule has 1 atom stereocenters. The lowest BCUT2D eigenvalue weighted by atomic mass is 9.88. The van der Waals surface area contributed by atoms with Gasteiger partial charge in [0.2, 0.25) is 0 Å². The summed E-state index contributed by atoms with van der Waals surface area (Å²) < 4.78 is 0. The third-order valence-corrected chi connectivity index (χ3v) is 10.9. The largest absolute Gasteiger partial charge is 0.359 e. The Kier molecular flexibility index (Phi) is 5.88. The second-order valence-electron chi connectivity index (χ2n) is 13.8. The first-order valence-electron chi connectivity index (χ1n) is 17.5. The molecular formula is C48H30N2O. The number of hydrogen-bond acceptors (Lipinski definition) is 2. The van der Waals surface area contributed by atoms with Gasteiger partial charge in [-0.3, -0.25) is 9.69 Å². The zero-order valence-electron chi connectivity index (χ0n) is 27.6. The number of rotatable bonds is 3. The number of nitrogens with zero attached hydrogens (tertiary/aromatic N) is 1. The zero-order chi connectivity index (χ0) is 33.6. The van der Waals surface area contributed by atoms with Gasteiger partial charge in [-0.1, -0.05) is 133 Å². The summed E-state index contributed by atoms with van der Waals surface area (Å²) in [6.45, 7) is 0. The van der Waals surface area contributed by atoms with Crippen molar-refractivity contribution in [2.24, 2.45) is 0 Å². The van der Waals surface area contributed by atoms with Crippen molar-refractivity contribution in [3.63, 3.8) is 0 Å². The minimum absolute atomic E-state index is 0.0140. The molecule has 0 aliphatic carbocycles. The van der Waals surface area contributed by atoms with Crippen molar-refractivity contribution in [1.82, 2.24) is 0 Å². The Morgan fingerprint density at radius 1 is 0.431 bits per heavy atom. The topological polar surface area (TPSA) is 32.3 Å². The predicted molar refractivity (Wildman–Crippen MR) is 212 cm³/mol. The number of anilines is 2. The molecule has 0 saturated heterocycles. The quantitative estimate of drug-likeness (QED) is 0.206. The molecule has 9 aromatic rings. The molecular weight excluding hydrogens is 621 g/mol. The SMILES string of the molecule is O=C1c2cccc3c(-c4ccc5ccccc5c4)ccc(c23)C2Nc3c(-c4ccc5ccccc5c4)cc(-c4ccc5ccccc5c4)cc3N12. The minimum Gasteiger partial charge on any atom is -0.359 e. The van der Waals surface area contributed by atoms with Crippen LogP contribution in [0.25, 0.3) is 76.5 Å². The Labute approximate surface area is 295 Å². The van der Waals surface area contributed by atoms with Crippen LogP contribution in [0.1, 0.15) is 22.1 Å². The van der Waals surface area contributed by atoms with Crippen molar-refractivity contribution in [2.75, 3.05) is 10.2 Å². The van der Waals surface area contributed by atoms with Gasteiger partial charge in [-0.05, 0) is 102 Å². The Morgan fingerprint density at radius 2 is 1.00 bits per heavy atom. The van der Waals surface area contributed by atoms with Crippen LogP contribution in [-0.2, 0) is 0 Å². The highest BCUT2D eigenvalue weighted by Crippen LogP contribution is 2.53. The number of amides is 1. The Morgan fingerprint density at radius 3 is 1.65 bits per heavy atom. The van der Waals surface area contributed by atoms with E-state index in [4.69, 9.17) is 0 Å². The highest BCUT2D eigenvalue weighted by atomic mass is 16.2. The van der Waals surface area contributed by atoms with Crippen molar-refractivity contribution in [3.8, 4) is 33.4 Å². The van der Waals surface area contributed by atoms with E-state index in [0.29, 0.717) is 0 Å². The lowest BCUT2D eigenvalue weighted by molar-refractivity contribution is 0.0980. The fourth-order valence-electron chi connectivity index (χ4n) is 8.45. The Balaban J connectivity index is 1.11. The van der Waals surface area contributed by atoms with Crippen molar-refractivity contribution in [3.05, 3.63) is 181 Å².